The molecule has 0 aliphatic rings. The van der Waals surface area contributed by atoms with Crippen LogP contribution in [0, 0.1) is 0 Å². The number of carbonyl (C=O) groups excluding carboxylic acids is 1. The summed E-state index contributed by atoms with van der Waals surface area (Å²) < 4.78 is 0.0655. The zero-order valence-electron chi connectivity index (χ0n) is 5.76. The van der Waals surface area contributed by atoms with Gasteiger partial charge in [0.1, 0.15) is 0 Å². The fourth-order valence-corrected chi connectivity index (χ4v) is 1.34. The van der Waals surface area contributed by atoms with Gasteiger partial charge in [-0.1, -0.05) is 25.6 Å². The third kappa shape index (κ3) is 8.37. The third-order valence-corrected chi connectivity index (χ3v) is 1.70. The highest BCUT2D eigenvalue weighted by molar-refractivity contribution is 8.11. The SMILES string of the molecule is CC(C)(S)CCSC=O. The smallest absolute Gasteiger partial charge is 0.176 e. The molecule has 0 spiro atoms. The molecule has 0 aliphatic heterocycles. The molecule has 54 valence electrons. The van der Waals surface area contributed by atoms with Gasteiger partial charge in [-0.2, -0.15) is 12.6 Å². The minimum Gasteiger partial charge on any atom is -0.291 e. The Bertz CT molecular complexity index is 85.5. The Kier molecular flexibility index (Phi) is 4.40. The van der Waals surface area contributed by atoms with Crippen molar-refractivity contribution >= 4 is 30.0 Å². The molecule has 3 heteroatoms. The van der Waals surface area contributed by atoms with Crippen LogP contribution in [0.1, 0.15) is 20.3 Å². The summed E-state index contributed by atoms with van der Waals surface area (Å²) in [5, 5.41) is 0. The highest BCUT2D eigenvalue weighted by atomic mass is 32.2. The molecule has 0 fully saturated rings. The standard InChI is InChI=1S/C6H12OS2/c1-6(2,8)3-4-9-5-7/h5,8H,3-4H2,1-2H3. The van der Waals surface area contributed by atoms with Gasteiger partial charge < -0.3 is 0 Å². The predicted octanol–water partition coefficient (Wildman–Crippen LogP) is 2.01. The number of hydrogen-bond acceptors (Lipinski definition) is 3. The summed E-state index contributed by atoms with van der Waals surface area (Å²) in [6.45, 7) is 4.09. The van der Waals surface area contributed by atoms with Gasteiger partial charge in [-0.3, -0.25) is 4.79 Å². The minimum absolute atomic E-state index is 0.0655. The molecule has 9 heavy (non-hydrogen) atoms. The molecule has 0 radical (unpaired) electrons. The largest absolute Gasteiger partial charge is 0.291 e. The van der Waals surface area contributed by atoms with Gasteiger partial charge in [0.05, 0.1) is 0 Å². The Morgan fingerprint density at radius 3 is 2.56 bits per heavy atom. The van der Waals surface area contributed by atoms with E-state index >= 15 is 0 Å². The van der Waals surface area contributed by atoms with E-state index < -0.39 is 0 Å². The quantitative estimate of drug-likeness (QED) is 0.389. The van der Waals surface area contributed by atoms with Crippen LogP contribution in [0.3, 0.4) is 0 Å². The van der Waals surface area contributed by atoms with Crippen molar-refractivity contribution in [2.24, 2.45) is 0 Å². The molecule has 0 aliphatic carbocycles. The molecule has 0 aromatic carbocycles. The van der Waals surface area contributed by atoms with E-state index in [4.69, 9.17) is 0 Å². The summed E-state index contributed by atoms with van der Waals surface area (Å²) >= 11 is 5.60. The van der Waals surface area contributed by atoms with E-state index in [2.05, 4.69) is 12.6 Å². The average Bonchev–Trinajstić information content (AvgIpc) is 1.63. The number of hydrogen-bond donors (Lipinski definition) is 1. The van der Waals surface area contributed by atoms with Crippen LogP contribution >= 0.6 is 24.4 Å². The molecule has 0 rings (SSSR count). The lowest BCUT2D eigenvalue weighted by atomic mass is 10.1. The summed E-state index contributed by atoms with van der Waals surface area (Å²) in [6.07, 6.45) is 0.972. The van der Waals surface area contributed by atoms with Gasteiger partial charge in [0.25, 0.3) is 0 Å². The second-order valence-corrected chi connectivity index (χ2v) is 4.67. The molecule has 0 saturated heterocycles. The van der Waals surface area contributed by atoms with Crippen molar-refractivity contribution in [1.82, 2.24) is 0 Å². The summed E-state index contributed by atoms with van der Waals surface area (Å²) in [5.74, 6) is 0.875. The normalized spacial score (nSPS) is 11.4. The fraction of sp³-hybridized carbons (Fsp3) is 0.833. The Balaban J connectivity index is 3.17. The minimum atomic E-state index is 0.0655. The van der Waals surface area contributed by atoms with Crippen LogP contribution in [0.2, 0.25) is 0 Å². The molecule has 0 aromatic rings. The summed E-state index contributed by atoms with van der Waals surface area (Å²) in [6, 6.07) is 0. The van der Waals surface area contributed by atoms with Crippen molar-refractivity contribution in [3.63, 3.8) is 0 Å². The van der Waals surface area contributed by atoms with Gasteiger partial charge in [-0.15, -0.1) is 0 Å². The Hall–Kier alpha value is 0.370. The predicted molar refractivity (Wildman–Crippen MR) is 46.9 cm³/mol. The van der Waals surface area contributed by atoms with Gasteiger partial charge in [0, 0.05) is 10.5 Å². The van der Waals surface area contributed by atoms with Crippen molar-refractivity contribution in [3.8, 4) is 0 Å². The Morgan fingerprint density at radius 2 is 2.22 bits per heavy atom. The maximum atomic E-state index is 9.83. The van der Waals surface area contributed by atoms with Crippen LogP contribution in [0.4, 0.5) is 0 Å². The number of thiol groups is 1. The molecule has 0 N–H and O–H groups in total. The molecule has 0 atom stereocenters. The van der Waals surface area contributed by atoms with Gasteiger partial charge >= 0.3 is 0 Å². The van der Waals surface area contributed by atoms with Gasteiger partial charge in [0.15, 0.2) is 5.62 Å². The summed E-state index contributed by atoms with van der Waals surface area (Å²) in [7, 11) is 0. The number of rotatable bonds is 4. The highest BCUT2D eigenvalue weighted by Crippen LogP contribution is 2.18. The van der Waals surface area contributed by atoms with Crippen LogP contribution < -0.4 is 0 Å². The van der Waals surface area contributed by atoms with Gasteiger partial charge in [-0.05, 0) is 6.42 Å². The maximum absolute atomic E-state index is 9.83. The lowest BCUT2D eigenvalue weighted by molar-refractivity contribution is 0.570. The van der Waals surface area contributed by atoms with E-state index in [0.717, 1.165) is 17.8 Å². The topological polar surface area (TPSA) is 17.1 Å². The van der Waals surface area contributed by atoms with E-state index in [1.807, 2.05) is 13.8 Å². The van der Waals surface area contributed by atoms with Crippen molar-refractivity contribution in [2.45, 2.75) is 25.0 Å². The van der Waals surface area contributed by atoms with Crippen LogP contribution in [-0.2, 0) is 4.79 Å². The first-order chi connectivity index (χ1) is 4.06. The van der Waals surface area contributed by atoms with Crippen molar-refractivity contribution in [2.75, 3.05) is 5.75 Å². The molecular formula is C6H12OS2. The van der Waals surface area contributed by atoms with Crippen LogP contribution in [0.15, 0.2) is 0 Å². The zero-order valence-corrected chi connectivity index (χ0v) is 7.47. The zero-order chi connectivity index (χ0) is 7.33. The Labute approximate surface area is 66.0 Å². The first-order valence-electron chi connectivity index (χ1n) is 2.84. The second kappa shape index (κ2) is 4.23. The lowest BCUT2D eigenvalue weighted by Crippen LogP contribution is -2.10. The highest BCUT2D eigenvalue weighted by Gasteiger charge is 2.09. The van der Waals surface area contributed by atoms with Crippen LogP contribution in [0.25, 0.3) is 0 Å². The van der Waals surface area contributed by atoms with Crippen molar-refractivity contribution in [3.05, 3.63) is 0 Å². The maximum Gasteiger partial charge on any atom is 0.176 e. The lowest BCUT2D eigenvalue weighted by Gasteiger charge is -2.14. The molecule has 0 saturated carbocycles. The first-order valence-corrected chi connectivity index (χ1v) is 4.33. The summed E-state index contributed by atoms with van der Waals surface area (Å²) in [5.41, 5.74) is 0.875. The fourth-order valence-electron chi connectivity index (χ4n) is 0.357. The molecular weight excluding hydrogens is 152 g/mol. The molecule has 0 amide bonds. The monoisotopic (exact) mass is 164 g/mol. The van der Waals surface area contributed by atoms with Crippen molar-refractivity contribution < 1.29 is 4.79 Å². The number of carbonyl (C=O) groups is 1. The second-order valence-electron chi connectivity index (χ2n) is 2.53. The molecule has 0 bridgehead atoms. The third-order valence-electron chi connectivity index (χ3n) is 0.900. The molecule has 1 nitrogen and oxygen atoms in total. The number of thioether (sulfide) groups is 1. The van der Waals surface area contributed by atoms with E-state index in [1.165, 1.54) is 11.8 Å². The molecule has 0 aromatic heterocycles. The van der Waals surface area contributed by atoms with Gasteiger partial charge in [0.2, 0.25) is 0 Å². The molecule has 0 unspecified atom stereocenters. The van der Waals surface area contributed by atoms with E-state index in [1.54, 1.807) is 0 Å². The Morgan fingerprint density at radius 1 is 1.67 bits per heavy atom. The van der Waals surface area contributed by atoms with Gasteiger partial charge in [-0.25, -0.2) is 0 Å². The summed E-state index contributed by atoms with van der Waals surface area (Å²) in [4.78, 5) is 9.83. The van der Waals surface area contributed by atoms with E-state index in [0.29, 0.717) is 0 Å². The van der Waals surface area contributed by atoms with Crippen LogP contribution in [0.5, 0.6) is 0 Å². The van der Waals surface area contributed by atoms with Crippen molar-refractivity contribution in [1.29, 1.82) is 0 Å². The first kappa shape index (κ1) is 9.37. The molecule has 0 heterocycles. The van der Waals surface area contributed by atoms with E-state index in [-0.39, 0.29) is 4.75 Å². The van der Waals surface area contributed by atoms with E-state index in [9.17, 15) is 4.79 Å². The van der Waals surface area contributed by atoms with Crippen LogP contribution in [-0.4, -0.2) is 16.1 Å². The average molecular weight is 164 g/mol.